The predicted octanol–water partition coefficient (Wildman–Crippen LogP) is 5.23. The van der Waals surface area contributed by atoms with Crippen LogP contribution in [0.15, 0.2) is 36.0 Å². The molecule has 2 heterocycles. The Morgan fingerprint density at radius 3 is 1.89 bits per heavy atom. The molecule has 0 saturated carbocycles. The van der Waals surface area contributed by atoms with E-state index in [0.29, 0.717) is 11.3 Å². The zero-order valence-electron chi connectivity index (χ0n) is 33.9. The number of hydrogen-bond donors (Lipinski definition) is 2. The second-order valence-corrected chi connectivity index (χ2v) is 16.3. The number of nitrogens with one attached hydrogen (secondary N) is 2. The van der Waals surface area contributed by atoms with Crippen molar-refractivity contribution >= 4 is 41.7 Å². The van der Waals surface area contributed by atoms with Crippen molar-refractivity contribution in [2.24, 2.45) is 0 Å². The van der Waals surface area contributed by atoms with Crippen molar-refractivity contribution in [2.75, 3.05) is 39.9 Å². The molecule has 54 heavy (non-hydrogen) atoms. The number of ether oxygens (including phenoxy) is 3. The summed E-state index contributed by atoms with van der Waals surface area (Å²) in [4.78, 5) is 62.2. The molecule has 2 N–H and O–H groups in total. The molecule has 2 fully saturated rings. The summed E-state index contributed by atoms with van der Waals surface area (Å²) in [6, 6.07) is 2.87. The Bertz CT molecular complexity index is 1380. The van der Waals surface area contributed by atoms with E-state index in [1.165, 1.54) is 130 Å². The van der Waals surface area contributed by atoms with Crippen LogP contribution in [0.4, 0.5) is 4.79 Å². The van der Waals surface area contributed by atoms with Gasteiger partial charge in [0.2, 0.25) is 11.8 Å². The fourth-order valence-corrected chi connectivity index (χ4v) is 8.41. The highest BCUT2D eigenvalue weighted by molar-refractivity contribution is 8.01. The molecule has 0 radical (unpaired) electrons. The van der Waals surface area contributed by atoms with Crippen molar-refractivity contribution in [2.45, 2.75) is 135 Å². The molecule has 0 spiro atoms. The number of rotatable bonds is 21. The third kappa shape index (κ3) is 13.2. The van der Waals surface area contributed by atoms with Crippen molar-refractivity contribution in [1.82, 2.24) is 15.5 Å². The van der Waals surface area contributed by atoms with Gasteiger partial charge in [-0.1, -0.05) is 65.5 Å². The van der Waals surface area contributed by atoms with E-state index >= 15 is 0 Å². The van der Waals surface area contributed by atoms with E-state index in [0.717, 1.165) is 6.08 Å². The van der Waals surface area contributed by atoms with E-state index in [9.17, 15) is 29.1 Å². The number of methoxy groups -OCH3 is 1. The Kier molecular flexibility index (Phi) is 19.4. The molecule has 0 aliphatic carbocycles. The van der Waals surface area contributed by atoms with Crippen LogP contribution < -0.4 is 20.5 Å². The number of esters is 1. The number of carboxylic acids is 1. The molecule has 13 nitrogen and oxygen atoms in total. The Labute approximate surface area is 326 Å². The second kappa shape index (κ2) is 22.6. The monoisotopic (exact) mass is 776 g/mol. The maximum absolute atomic E-state index is 13.4. The van der Waals surface area contributed by atoms with Gasteiger partial charge in [0.1, 0.15) is 23.2 Å². The quantitative estimate of drug-likeness (QED) is 0.0553. The molecule has 304 valence electrons. The van der Waals surface area contributed by atoms with Gasteiger partial charge in [0, 0.05) is 16.5 Å². The van der Waals surface area contributed by atoms with Crippen molar-refractivity contribution < 1.29 is 47.8 Å². The Hall–Kier alpha value is -3.78. The average Bonchev–Trinajstić information content (AvgIpc) is 3.40. The van der Waals surface area contributed by atoms with Gasteiger partial charge in [-0.2, -0.15) is 0 Å². The van der Waals surface area contributed by atoms with Crippen LogP contribution in [-0.4, -0.2) is 101 Å². The molecule has 2 unspecified atom stereocenters. The molecule has 2 saturated heterocycles. The van der Waals surface area contributed by atoms with Gasteiger partial charge in [0.25, 0.3) is 0 Å². The van der Waals surface area contributed by atoms with Gasteiger partial charge in [-0.25, -0.2) is 9.59 Å². The fourth-order valence-electron chi connectivity index (χ4n) is 6.79. The summed E-state index contributed by atoms with van der Waals surface area (Å²) in [7, 11) is 1.22. The van der Waals surface area contributed by atoms with Crippen LogP contribution >= 0.6 is 11.8 Å². The van der Waals surface area contributed by atoms with Crippen LogP contribution in [0.1, 0.15) is 118 Å². The maximum Gasteiger partial charge on any atom is 0.513 e. The molecule has 4 atom stereocenters. The Morgan fingerprint density at radius 2 is 1.44 bits per heavy atom. The van der Waals surface area contributed by atoms with Crippen molar-refractivity contribution in [1.29, 1.82) is 0 Å². The lowest BCUT2D eigenvalue weighted by Gasteiger charge is -2.45. The van der Waals surface area contributed by atoms with E-state index in [-0.39, 0.29) is 12.4 Å². The van der Waals surface area contributed by atoms with Crippen LogP contribution in [0.3, 0.4) is 0 Å². The van der Waals surface area contributed by atoms with E-state index in [2.05, 4.69) is 43.1 Å². The first-order valence-corrected chi connectivity index (χ1v) is 20.4. The summed E-state index contributed by atoms with van der Waals surface area (Å²) in [6.07, 6.45) is 11.3. The second-order valence-electron chi connectivity index (χ2n) is 14.5. The van der Waals surface area contributed by atoms with Crippen LogP contribution in [-0.2, 0) is 28.7 Å². The van der Waals surface area contributed by atoms with Gasteiger partial charge in [0.15, 0.2) is 0 Å². The van der Waals surface area contributed by atoms with Gasteiger partial charge in [-0.3, -0.25) is 9.59 Å². The van der Waals surface area contributed by atoms with E-state index in [1.54, 1.807) is 27.7 Å². The van der Waals surface area contributed by atoms with E-state index in [1.807, 2.05) is 0 Å². The number of β-lactam (4-membered cyclic amide) rings is 1. The Balaban J connectivity index is 0.000000500. The number of carboxylic acid groups (broad SMARTS) is 1. The molecule has 1 aromatic carbocycles. The van der Waals surface area contributed by atoms with Crippen LogP contribution in [0.25, 0.3) is 0 Å². The molecule has 2 amide bonds. The number of hydrogen-bond acceptors (Lipinski definition) is 11. The number of unbranched alkanes of at least 4 members (excludes halogenated alkanes) is 4. The molecule has 1 aromatic rings. The lowest BCUT2D eigenvalue weighted by molar-refractivity contribution is -0.929. The zero-order chi connectivity index (χ0) is 40.5. The van der Waals surface area contributed by atoms with Gasteiger partial charge >= 0.3 is 12.1 Å². The number of carbonyl (C=O) groups is 5. The number of amides is 2. The van der Waals surface area contributed by atoms with Gasteiger partial charge < -0.3 is 44.1 Å². The molecular weight excluding hydrogens is 713 g/mol. The number of quaternary nitrogens is 1. The highest BCUT2D eigenvalue weighted by Gasteiger charge is 2.62. The molecule has 14 heteroatoms. The lowest BCUT2D eigenvalue weighted by atomic mass is 9.95. The first-order chi connectivity index (χ1) is 25.6. The number of nitrogens with zero attached hydrogens (tertiary/aromatic N) is 2. The first-order valence-electron chi connectivity index (χ1n) is 19.5. The summed E-state index contributed by atoms with van der Waals surface area (Å²) in [5.74, 6) is -2.92. The minimum absolute atomic E-state index is 0.145. The van der Waals surface area contributed by atoms with Gasteiger partial charge in [-0.05, 0) is 71.1 Å². The molecule has 0 aromatic heterocycles. The molecular formula is C40H64N4O9S. The standard InChI is InChI=1S/C24H29N3O9S.C16H36N/c1-6-35-23(33)36-14-9-7-13(8-10-14)16(25-12(2)11-15(28)34-5)19(29)26-17-20(30)27-18(22(31)32)24(3,4)37-21(17)27;1-5-9-13-17(14-10-6-2,15-11-7-3)16-12-8-4/h7-11,16-18,21,25H,6H2,1-5H3,(H,26,29)(H,31,32);5-16H2,1-4H3/q;+1/p-1/b12-11+;/t16?,17?,18-,21+;/m0./s1. The van der Waals surface area contributed by atoms with Gasteiger partial charge in [0.05, 0.1) is 51.9 Å². The fraction of sp³-hybridized carbons (Fsp3) is 0.675. The Morgan fingerprint density at radius 1 is 0.926 bits per heavy atom. The van der Waals surface area contributed by atoms with Crippen molar-refractivity contribution in [3.63, 3.8) is 0 Å². The highest BCUT2D eigenvalue weighted by Crippen LogP contribution is 2.50. The third-order valence-corrected chi connectivity index (χ3v) is 11.3. The summed E-state index contributed by atoms with van der Waals surface area (Å²) >= 11 is 1.27. The lowest BCUT2D eigenvalue weighted by Crippen LogP contribution is -2.72. The minimum Gasteiger partial charge on any atom is -0.548 e. The number of benzene rings is 1. The van der Waals surface area contributed by atoms with Crippen LogP contribution in [0, 0.1) is 0 Å². The summed E-state index contributed by atoms with van der Waals surface area (Å²) in [6.45, 7) is 21.8. The number of thioether (sulfide) groups is 1. The molecule has 0 bridgehead atoms. The topological polar surface area (TPSA) is 163 Å². The van der Waals surface area contributed by atoms with Crippen molar-refractivity contribution in [3.8, 4) is 5.75 Å². The molecule has 2 aliphatic rings. The smallest absolute Gasteiger partial charge is 0.513 e. The van der Waals surface area contributed by atoms with Crippen molar-refractivity contribution in [3.05, 3.63) is 41.6 Å². The predicted molar refractivity (Wildman–Crippen MR) is 208 cm³/mol. The zero-order valence-corrected chi connectivity index (χ0v) is 34.7. The molecule has 3 rings (SSSR count). The third-order valence-electron chi connectivity index (χ3n) is 9.75. The maximum atomic E-state index is 13.4. The SMILES string of the molecule is CCCC[N+](CCCC)(CCCC)CCCC.CCOC(=O)Oc1ccc(C(N/C(C)=C/C(=O)OC)C(=O)NC2C(=O)N3[C@@H]2SC(C)(C)[C@@H]3C(=O)[O-])cc1. The number of aliphatic carboxylic acids is 1. The number of fused-ring (bicyclic) bond motifs is 1. The van der Waals surface area contributed by atoms with Crippen LogP contribution in [0.5, 0.6) is 5.75 Å². The minimum atomic E-state index is -1.36. The van der Waals surface area contributed by atoms with E-state index in [4.69, 9.17) is 9.47 Å². The van der Waals surface area contributed by atoms with Gasteiger partial charge in [-0.15, -0.1) is 11.8 Å². The first kappa shape index (κ1) is 46.4. The molecule has 2 aliphatic heterocycles. The average molecular weight is 777 g/mol. The summed E-state index contributed by atoms with van der Waals surface area (Å²) < 4.78 is 15.0. The largest absolute Gasteiger partial charge is 0.548 e. The van der Waals surface area contributed by atoms with Crippen LogP contribution in [0.2, 0.25) is 0 Å². The number of allylic oxidation sites excluding steroid dienone is 1. The summed E-state index contributed by atoms with van der Waals surface area (Å²) in [5.41, 5.74) is 0.746. The normalized spacial score (nSPS) is 19.4. The van der Waals surface area contributed by atoms with E-state index < -0.39 is 58.2 Å². The number of carbonyl (C=O) groups excluding carboxylic acids is 5. The summed E-state index contributed by atoms with van der Waals surface area (Å²) in [5, 5.41) is 16.7. The highest BCUT2D eigenvalue weighted by atomic mass is 32.2.